The third-order valence-corrected chi connectivity index (χ3v) is 11.1. The SMILES string of the molecule is C=C(/C=C/Cc1c(F)cc(C)cc1C1=CCC(C)CC1)CC(C)(C)C.C=CC(CCCC(C)=PC(C)C)(C/C(=C\C)CC)C(C)CC.CC. The van der Waals surface area contributed by atoms with Gasteiger partial charge in [-0.05, 0) is 147 Å². The molecule has 1 aromatic carbocycles. The highest BCUT2D eigenvalue weighted by Crippen LogP contribution is 2.43. The Bertz CT molecular complexity index is 1250. The molecule has 0 saturated heterocycles. The molecule has 0 bridgehead atoms. The fourth-order valence-electron chi connectivity index (χ4n) is 6.88. The second-order valence-corrected chi connectivity index (χ2v) is 18.0. The van der Waals surface area contributed by atoms with Crippen LogP contribution in [-0.2, 0) is 6.42 Å². The van der Waals surface area contributed by atoms with Crippen molar-refractivity contribution in [3.05, 3.63) is 89.3 Å². The van der Waals surface area contributed by atoms with E-state index in [1.165, 1.54) is 58.7 Å². The van der Waals surface area contributed by atoms with Gasteiger partial charge in [0.1, 0.15) is 5.82 Å². The quantitative estimate of drug-likeness (QED) is 0.0919. The van der Waals surface area contributed by atoms with Gasteiger partial charge in [0.2, 0.25) is 0 Å². The summed E-state index contributed by atoms with van der Waals surface area (Å²) in [6, 6.07) is 3.81. The summed E-state index contributed by atoms with van der Waals surface area (Å²) in [5.41, 5.74) is 8.20. The van der Waals surface area contributed by atoms with Crippen molar-refractivity contribution in [2.75, 3.05) is 0 Å². The van der Waals surface area contributed by atoms with Gasteiger partial charge in [-0.2, -0.15) is 0 Å². The van der Waals surface area contributed by atoms with Crippen molar-refractivity contribution in [2.24, 2.45) is 22.7 Å². The molecule has 3 atom stereocenters. The van der Waals surface area contributed by atoms with Crippen LogP contribution in [0.2, 0.25) is 0 Å². The third kappa shape index (κ3) is 18.2. The zero-order valence-electron chi connectivity index (χ0n) is 34.8. The molecule has 1 aromatic rings. The van der Waals surface area contributed by atoms with Crippen LogP contribution >= 0.6 is 8.20 Å². The highest BCUT2D eigenvalue weighted by atomic mass is 31.1. The first-order valence-electron chi connectivity index (χ1n) is 19.6. The average molecular weight is 693 g/mol. The van der Waals surface area contributed by atoms with Crippen LogP contribution in [0.5, 0.6) is 0 Å². The van der Waals surface area contributed by atoms with E-state index in [-0.39, 0.29) is 16.6 Å². The van der Waals surface area contributed by atoms with Crippen LogP contribution in [0.4, 0.5) is 4.39 Å². The van der Waals surface area contributed by atoms with Gasteiger partial charge in [-0.1, -0.05) is 137 Å². The molecule has 0 spiro atoms. The van der Waals surface area contributed by atoms with E-state index < -0.39 is 0 Å². The van der Waals surface area contributed by atoms with Gasteiger partial charge in [0.15, 0.2) is 0 Å². The zero-order valence-corrected chi connectivity index (χ0v) is 35.7. The number of hydrogen-bond donors (Lipinski definition) is 0. The summed E-state index contributed by atoms with van der Waals surface area (Å²) in [4.78, 5) is 0. The van der Waals surface area contributed by atoms with Crippen LogP contribution < -0.4 is 0 Å². The lowest BCUT2D eigenvalue weighted by Crippen LogP contribution is -2.27. The van der Waals surface area contributed by atoms with Gasteiger partial charge < -0.3 is 0 Å². The molecule has 2 rings (SSSR count). The van der Waals surface area contributed by atoms with Crippen molar-refractivity contribution >= 4 is 19.1 Å². The molecule has 0 N–H and O–H groups in total. The predicted octanol–water partition coefficient (Wildman–Crippen LogP) is 16.1. The van der Waals surface area contributed by atoms with E-state index >= 15 is 0 Å². The van der Waals surface area contributed by atoms with E-state index in [1.54, 1.807) is 16.9 Å². The third-order valence-electron chi connectivity index (χ3n) is 9.87. The van der Waals surface area contributed by atoms with Gasteiger partial charge in [0.25, 0.3) is 0 Å². The fraction of sp³-hybridized carbons (Fsp3) is 0.638. The van der Waals surface area contributed by atoms with Gasteiger partial charge >= 0.3 is 0 Å². The number of halogens is 1. The van der Waals surface area contributed by atoms with E-state index in [9.17, 15) is 4.39 Å². The summed E-state index contributed by atoms with van der Waals surface area (Å²) >= 11 is 0. The molecule has 0 radical (unpaired) electrons. The van der Waals surface area contributed by atoms with E-state index in [2.05, 4.69) is 126 Å². The van der Waals surface area contributed by atoms with Crippen LogP contribution in [0.25, 0.3) is 5.57 Å². The average Bonchev–Trinajstić information content (AvgIpc) is 3.03. The first-order valence-corrected chi connectivity index (χ1v) is 20.6. The van der Waals surface area contributed by atoms with Gasteiger partial charge in [-0.3, -0.25) is 0 Å². The Morgan fingerprint density at radius 2 is 1.76 bits per heavy atom. The van der Waals surface area contributed by atoms with Crippen LogP contribution in [0.3, 0.4) is 0 Å². The summed E-state index contributed by atoms with van der Waals surface area (Å²) in [6.07, 6.45) is 23.4. The van der Waals surface area contributed by atoms with Crippen LogP contribution in [0, 0.1) is 35.4 Å². The molecule has 0 nitrogen and oxygen atoms in total. The van der Waals surface area contributed by atoms with E-state index in [4.69, 9.17) is 0 Å². The summed E-state index contributed by atoms with van der Waals surface area (Å²) < 4.78 is 14.7. The van der Waals surface area contributed by atoms with Crippen LogP contribution in [-0.4, -0.2) is 11.0 Å². The van der Waals surface area contributed by atoms with Gasteiger partial charge in [-0.15, -0.1) is 14.8 Å². The molecule has 0 aliphatic heterocycles. The predicted molar refractivity (Wildman–Crippen MR) is 227 cm³/mol. The standard InChI is InChI=1S/C24H33F.C21H39P.C2H6/c1-17-10-12-20(13-11-17)22-14-19(3)15-23(25)21(22)9-7-8-18(2)16-24(4,5)6;1-9-18(7)21(12-4,16-20(10-2)11-3)15-13-14-19(8)22-17(5)6;1-2/h7-8,12,14-15,17H,2,9-11,13,16H2,1,3-6H3;10,12,17-18H,4,9,11,13-16H2,1-3,5-8H3;1-2H3/b8-7+;20-10-;. The Morgan fingerprint density at radius 1 is 1.10 bits per heavy atom. The number of aryl methyl sites for hydroxylation is 1. The molecule has 1 aliphatic rings. The smallest absolute Gasteiger partial charge is 0.127 e. The van der Waals surface area contributed by atoms with Crippen molar-refractivity contribution in [3.8, 4) is 0 Å². The number of rotatable bonds is 16. The first kappa shape index (κ1) is 47.0. The lowest BCUT2D eigenvalue weighted by Gasteiger charge is -2.37. The zero-order chi connectivity index (χ0) is 37.8. The number of allylic oxidation sites excluding steroid dienone is 8. The second-order valence-electron chi connectivity index (χ2n) is 15.9. The number of hydrogen-bond acceptors (Lipinski definition) is 0. The van der Waals surface area contributed by atoms with E-state index in [1.807, 2.05) is 20.8 Å². The summed E-state index contributed by atoms with van der Waals surface area (Å²) in [5, 5.41) is 1.64. The molecular formula is C47H78FP. The molecule has 0 heterocycles. The Hall–Kier alpha value is -1.98. The molecule has 49 heavy (non-hydrogen) atoms. The van der Waals surface area contributed by atoms with E-state index in [0.29, 0.717) is 12.3 Å². The maximum absolute atomic E-state index is 14.7. The van der Waals surface area contributed by atoms with Crippen molar-refractivity contribution in [3.63, 3.8) is 0 Å². The van der Waals surface area contributed by atoms with Crippen molar-refractivity contribution < 1.29 is 4.39 Å². The lowest BCUT2D eigenvalue weighted by atomic mass is 9.67. The normalized spacial score (nSPS) is 17.4. The second kappa shape index (κ2) is 24.2. The van der Waals surface area contributed by atoms with Gasteiger partial charge in [-0.25, -0.2) is 4.39 Å². The van der Waals surface area contributed by atoms with Gasteiger partial charge in [0.05, 0.1) is 0 Å². The lowest BCUT2D eigenvalue weighted by molar-refractivity contribution is 0.213. The Labute approximate surface area is 307 Å². The molecule has 0 aromatic heterocycles. The topological polar surface area (TPSA) is 0 Å². The molecule has 278 valence electrons. The summed E-state index contributed by atoms with van der Waals surface area (Å²) in [5.74, 6) is 1.36. The largest absolute Gasteiger partial charge is 0.207 e. The highest BCUT2D eigenvalue weighted by Gasteiger charge is 2.32. The Morgan fingerprint density at radius 3 is 2.24 bits per heavy atom. The molecule has 3 unspecified atom stereocenters. The minimum Gasteiger partial charge on any atom is -0.207 e. The minimum atomic E-state index is -0.0828. The Kier molecular flexibility index (Phi) is 23.3. The van der Waals surface area contributed by atoms with Crippen molar-refractivity contribution in [1.82, 2.24) is 0 Å². The monoisotopic (exact) mass is 693 g/mol. The molecular weight excluding hydrogens is 614 g/mol. The fourth-order valence-corrected chi connectivity index (χ4v) is 8.05. The number of benzene rings is 1. The molecule has 0 saturated carbocycles. The maximum atomic E-state index is 14.7. The highest BCUT2D eigenvalue weighted by molar-refractivity contribution is 7.41. The van der Waals surface area contributed by atoms with Crippen LogP contribution in [0.15, 0.2) is 66.8 Å². The maximum Gasteiger partial charge on any atom is 0.127 e. The van der Waals surface area contributed by atoms with Crippen molar-refractivity contribution in [2.45, 2.75) is 173 Å². The molecule has 2 heteroatoms. The Balaban J connectivity index is 0.000000904. The van der Waals surface area contributed by atoms with Crippen molar-refractivity contribution in [1.29, 1.82) is 0 Å². The van der Waals surface area contributed by atoms with E-state index in [0.717, 1.165) is 53.1 Å². The minimum absolute atomic E-state index is 0.0828. The summed E-state index contributed by atoms with van der Waals surface area (Å²) in [6.45, 7) is 39.4. The molecule has 0 fully saturated rings. The first-order chi connectivity index (χ1) is 23.0. The molecule has 0 amide bonds. The van der Waals surface area contributed by atoms with Gasteiger partial charge in [0, 0.05) is 0 Å². The molecule has 1 aliphatic carbocycles. The van der Waals surface area contributed by atoms with Crippen LogP contribution in [0.1, 0.15) is 171 Å². The summed E-state index contributed by atoms with van der Waals surface area (Å²) in [7, 11) is 1.53.